The summed E-state index contributed by atoms with van der Waals surface area (Å²) in [6.45, 7) is 9.03. The SMILES string of the molecule is C.C.CCSCC(C)(C)C. The van der Waals surface area contributed by atoms with Gasteiger partial charge in [-0.05, 0) is 16.9 Å². The highest BCUT2D eigenvalue weighted by molar-refractivity contribution is 7.99. The van der Waals surface area contributed by atoms with Crippen molar-refractivity contribution < 1.29 is 0 Å². The Labute approximate surface area is 71.8 Å². The molecule has 0 aliphatic rings. The molecule has 0 aromatic rings. The number of hydrogen-bond donors (Lipinski definition) is 0. The molecule has 10 heavy (non-hydrogen) atoms. The maximum absolute atomic E-state index is 2.27. The van der Waals surface area contributed by atoms with E-state index in [1.165, 1.54) is 11.5 Å². The highest BCUT2D eigenvalue weighted by Crippen LogP contribution is 2.19. The highest BCUT2D eigenvalue weighted by atomic mass is 32.2. The Bertz CT molecular complexity index is 52.2. The summed E-state index contributed by atoms with van der Waals surface area (Å²) in [4.78, 5) is 0. The molecule has 0 atom stereocenters. The van der Waals surface area contributed by atoms with Crippen LogP contribution < -0.4 is 0 Å². The van der Waals surface area contributed by atoms with Crippen molar-refractivity contribution in [1.29, 1.82) is 0 Å². The van der Waals surface area contributed by atoms with Gasteiger partial charge in [0.1, 0.15) is 0 Å². The number of thioether (sulfide) groups is 1. The third kappa shape index (κ3) is 15.8. The van der Waals surface area contributed by atoms with E-state index < -0.39 is 0 Å². The second kappa shape index (κ2) is 7.46. The van der Waals surface area contributed by atoms with E-state index in [4.69, 9.17) is 0 Å². The van der Waals surface area contributed by atoms with E-state index in [2.05, 4.69) is 27.7 Å². The maximum Gasteiger partial charge on any atom is -0.00188 e. The summed E-state index contributed by atoms with van der Waals surface area (Å²) < 4.78 is 0. The van der Waals surface area contributed by atoms with Gasteiger partial charge < -0.3 is 0 Å². The lowest BCUT2D eigenvalue weighted by atomic mass is 10.0. The molecule has 0 heterocycles. The van der Waals surface area contributed by atoms with Crippen LogP contribution in [-0.2, 0) is 0 Å². The third-order valence-corrected chi connectivity index (χ3v) is 2.22. The van der Waals surface area contributed by atoms with Crippen molar-refractivity contribution in [3.63, 3.8) is 0 Å². The topological polar surface area (TPSA) is 0 Å². The summed E-state index contributed by atoms with van der Waals surface area (Å²) in [6, 6.07) is 0. The van der Waals surface area contributed by atoms with Gasteiger partial charge in [-0.2, -0.15) is 11.8 Å². The van der Waals surface area contributed by atoms with Gasteiger partial charge in [-0.3, -0.25) is 0 Å². The first-order chi connectivity index (χ1) is 3.56. The van der Waals surface area contributed by atoms with Gasteiger partial charge in [0.05, 0.1) is 0 Å². The van der Waals surface area contributed by atoms with E-state index in [9.17, 15) is 0 Å². The first-order valence-electron chi connectivity index (χ1n) is 3.14. The number of hydrogen-bond acceptors (Lipinski definition) is 1. The van der Waals surface area contributed by atoms with Crippen LogP contribution in [0.5, 0.6) is 0 Å². The Kier molecular flexibility index (Phi) is 12.5. The molecular formula is C9H24S. The highest BCUT2D eigenvalue weighted by Gasteiger charge is 2.07. The van der Waals surface area contributed by atoms with Crippen molar-refractivity contribution in [1.82, 2.24) is 0 Å². The molecule has 0 aliphatic heterocycles. The minimum Gasteiger partial charge on any atom is -0.162 e. The molecule has 0 spiro atoms. The van der Waals surface area contributed by atoms with E-state index in [0.29, 0.717) is 5.41 Å². The Morgan fingerprint density at radius 2 is 1.50 bits per heavy atom. The van der Waals surface area contributed by atoms with Gasteiger partial charge in [0.2, 0.25) is 0 Å². The van der Waals surface area contributed by atoms with Crippen molar-refractivity contribution in [2.75, 3.05) is 11.5 Å². The van der Waals surface area contributed by atoms with E-state index in [-0.39, 0.29) is 14.9 Å². The molecule has 0 amide bonds. The van der Waals surface area contributed by atoms with Gasteiger partial charge in [-0.1, -0.05) is 42.5 Å². The molecule has 0 fully saturated rings. The van der Waals surface area contributed by atoms with Gasteiger partial charge in [-0.15, -0.1) is 0 Å². The van der Waals surface area contributed by atoms with Crippen molar-refractivity contribution in [2.24, 2.45) is 5.41 Å². The van der Waals surface area contributed by atoms with Crippen LogP contribution in [0.3, 0.4) is 0 Å². The second-order valence-electron chi connectivity index (χ2n) is 3.20. The summed E-state index contributed by atoms with van der Waals surface area (Å²) in [5.41, 5.74) is 0.515. The zero-order valence-corrected chi connectivity index (χ0v) is 7.14. The molecule has 0 rings (SSSR count). The molecular weight excluding hydrogens is 140 g/mol. The first kappa shape index (κ1) is 16.7. The minimum absolute atomic E-state index is 0. The fourth-order valence-corrected chi connectivity index (χ4v) is 1.22. The monoisotopic (exact) mass is 164 g/mol. The molecule has 0 nitrogen and oxygen atoms in total. The summed E-state index contributed by atoms with van der Waals surface area (Å²) >= 11 is 2.02. The molecule has 66 valence electrons. The first-order valence-corrected chi connectivity index (χ1v) is 4.29. The fourth-order valence-electron chi connectivity index (χ4n) is 0.408. The van der Waals surface area contributed by atoms with Crippen LogP contribution >= 0.6 is 11.8 Å². The minimum atomic E-state index is 0. The van der Waals surface area contributed by atoms with Gasteiger partial charge in [0.15, 0.2) is 0 Å². The van der Waals surface area contributed by atoms with Gasteiger partial charge in [0, 0.05) is 0 Å². The lowest BCUT2D eigenvalue weighted by Crippen LogP contribution is -2.08. The fraction of sp³-hybridized carbons (Fsp3) is 1.00. The normalized spacial score (nSPS) is 9.60. The van der Waals surface area contributed by atoms with Crippen LogP contribution in [0.2, 0.25) is 0 Å². The largest absolute Gasteiger partial charge is 0.162 e. The standard InChI is InChI=1S/C7H16S.2CH4/c1-5-8-6-7(2,3)4;;/h5-6H2,1-4H3;2*1H4. The van der Waals surface area contributed by atoms with Gasteiger partial charge in [-0.25, -0.2) is 0 Å². The number of rotatable bonds is 2. The van der Waals surface area contributed by atoms with Crippen LogP contribution in [0.4, 0.5) is 0 Å². The Balaban J connectivity index is -0.000000245. The smallest absolute Gasteiger partial charge is 0.00188 e. The molecule has 0 saturated carbocycles. The van der Waals surface area contributed by atoms with E-state index >= 15 is 0 Å². The van der Waals surface area contributed by atoms with Gasteiger partial charge >= 0.3 is 0 Å². The van der Waals surface area contributed by atoms with E-state index in [1.54, 1.807) is 0 Å². The van der Waals surface area contributed by atoms with Crippen molar-refractivity contribution in [3.8, 4) is 0 Å². The molecule has 0 aliphatic carbocycles. The average Bonchev–Trinajstić information content (AvgIpc) is 1.59. The van der Waals surface area contributed by atoms with Crippen molar-refractivity contribution in [3.05, 3.63) is 0 Å². The quantitative estimate of drug-likeness (QED) is 0.593. The molecule has 0 aromatic carbocycles. The van der Waals surface area contributed by atoms with E-state index in [0.717, 1.165) is 0 Å². The summed E-state index contributed by atoms with van der Waals surface area (Å²) in [7, 11) is 0. The molecule has 0 aromatic heterocycles. The maximum atomic E-state index is 2.27. The summed E-state index contributed by atoms with van der Waals surface area (Å²) in [5.74, 6) is 2.53. The third-order valence-electron chi connectivity index (χ3n) is 0.739. The zero-order chi connectivity index (χ0) is 6.62. The molecule has 0 unspecified atom stereocenters. The predicted octanol–water partition coefficient (Wildman–Crippen LogP) is 4.06. The Hall–Kier alpha value is 0.350. The molecule has 0 N–H and O–H groups in total. The van der Waals surface area contributed by atoms with Crippen LogP contribution in [-0.4, -0.2) is 11.5 Å². The summed E-state index contributed by atoms with van der Waals surface area (Å²) in [5, 5.41) is 0. The van der Waals surface area contributed by atoms with E-state index in [1.807, 2.05) is 11.8 Å². The average molecular weight is 164 g/mol. The second-order valence-corrected chi connectivity index (χ2v) is 4.47. The lowest BCUT2D eigenvalue weighted by molar-refractivity contribution is 0.481. The predicted molar refractivity (Wildman–Crippen MR) is 55.9 cm³/mol. The Morgan fingerprint density at radius 1 is 1.10 bits per heavy atom. The van der Waals surface area contributed by atoms with Gasteiger partial charge in [0.25, 0.3) is 0 Å². The van der Waals surface area contributed by atoms with Crippen LogP contribution in [0.1, 0.15) is 42.5 Å². The summed E-state index contributed by atoms with van der Waals surface area (Å²) in [6.07, 6.45) is 0. The molecule has 0 saturated heterocycles. The van der Waals surface area contributed by atoms with Crippen molar-refractivity contribution >= 4 is 11.8 Å². The van der Waals surface area contributed by atoms with Crippen LogP contribution in [0, 0.1) is 5.41 Å². The molecule has 0 bridgehead atoms. The van der Waals surface area contributed by atoms with Crippen LogP contribution in [0.15, 0.2) is 0 Å². The lowest BCUT2D eigenvalue weighted by Gasteiger charge is -2.15. The zero-order valence-electron chi connectivity index (χ0n) is 6.32. The molecule has 1 heteroatoms. The van der Waals surface area contributed by atoms with Crippen LogP contribution in [0.25, 0.3) is 0 Å². The Morgan fingerprint density at radius 3 is 1.60 bits per heavy atom. The van der Waals surface area contributed by atoms with Crippen molar-refractivity contribution in [2.45, 2.75) is 42.5 Å². The molecule has 0 radical (unpaired) electrons.